The molecule has 2 heteroatoms. The summed E-state index contributed by atoms with van der Waals surface area (Å²) in [6.07, 6.45) is 0.882. The van der Waals surface area contributed by atoms with Gasteiger partial charge in [-0.1, -0.05) is 27.7 Å². The molecule has 0 radical (unpaired) electrons. The summed E-state index contributed by atoms with van der Waals surface area (Å²) in [5.74, 6) is 0. The Morgan fingerprint density at radius 3 is 2.27 bits per heavy atom. The molecular weight excluding hydrogens is 136 g/mol. The van der Waals surface area contributed by atoms with Crippen molar-refractivity contribution in [2.45, 2.75) is 40.2 Å². The zero-order chi connectivity index (χ0) is 8.91. The largest absolute Gasteiger partial charge is 0.301 e. The van der Waals surface area contributed by atoms with Gasteiger partial charge in [0.1, 0.15) is 0 Å². The van der Waals surface area contributed by atoms with Gasteiger partial charge in [0.2, 0.25) is 0 Å². The van der Waals surface area contributed by atoms with Gasteiger partial charge in [0.05, 0.1) is 12.1 Å². The summed E-state index contributed by atoms with van der Waals surface area (Å²) in [5, 5.41) is 11.8. The van der Waals surface area contributed by atoms with Gasteiger partial charge in [-0.3, -0.25) is 0 Å². The van der Waals surface area contributed by atoms with Crippen molar-refractivity contribution in [2.24, 2.45) is 5.41 Å². The van der Waals surface area contributed by atoms with Crippen molar-refractivity contribution in [1.29, 1.82) is 5.26 Å². The third-order valence-electron chi connectivity index (χ3n) is 1.44. The standard InChI is InChI=1S/C9H18N2/c1-5-8(6-10)11-7-9(2,3)4/h8,11H,5,7H2,1-4H3. The predicted octanol–water partition coefficient (Wildman–Crippen LogP) is 1.92. The van der Waals surface area contributed by atoms with E-state index < -0.39 is 0 Å². The molecule has 0 aromatic carbocycles. The van der Waals surface area contributed by atoms with Gasteiger partial charge in [-0.15, -0.1) is 0 Å². The fourth-order valence-corrected chi connectivity index (χ4v) is 0.711. The van der Waals surface area contributed by atoms with E-state index >= 15 is 0 Å². The molecular formula is C9H18N2. The van der Waals surface area contributed by atoms with E-state index in [1.54, 1.807) is 0 Å². The van der Waals surface area contributed by atoms with Crippen LogP contribution >= 0.6 is 0 Å². The van der Waals surface area contributed by atoms with Gasteiger partial charge in [0, 0.05) is 6.54 Å². The molecule has 0 fully saturated rings. The van der Waals surface area contributed by atoms with Crippen LogP contribution in [0.1, 0.15) is 34.1 Å². The summed E-state index contributed by atoms with van der Waals surface area (Å²) in [4.78, 5) is 0. The lowest BCUT2D eigenvalue weighted by atomic mass is 9.96. The van der Waals surface area contributed by atoms with Crippen LogP contribution < -0.4 is 5.32 Å². The summed E-state index contributed by atoms with van der Waals surface area (Å²) >= 11 is 0. The molecule has 0 saturated heterocycles. The van der Waals surface area contributed by atoms with Crippen molar-refractivity contribution in [3.05, 3.63) is 0 Å². The first-order valence-corrected chi connectivity index (χ1v) is 4.12. The Morgan fingerprint density at radius 1 is 1.45 bits per heavy atom. The van der Waals surface area contributed by atoms with Crippen LogP contribution in [0.4, 0.5) is 0 Å². The van der Waals surface area contributed by atoms with E-state index in [-0.39, 0.29) is 11.5 Å². The highest BCUT2D eigenvalue weighted by atomic mass is 14.9. The average Bonchev–Trinajstić information content (AvgIpc) is 1.88. The van der Waals surface area contributed by atoms with Crippen molar-refractivity contribution in [3.8, 4) is 6.07 Å². The minimum absolute atomic E-state index is 0.0224. The molecule has 2 nitrogen and oxygen atoms in total. The highest BCUT2D eigenvalue weighted by Gasteiger charge is 2.12. The first-order valence-electron chi connectivity index (χ1n) is 4.12. The maximum atomic E-state index is 8.61. The number of nitriles is 1. The molecule has 0 saturated carbocycles. The summed E-state index contributed by atoms with van der Waals surface area (Å²) in [6.45, 7) is 9.39. The minimum Gasteiger partial charge on any atom is -0.301 e. The molecule has 0 aliphatic carbocycles. The summed E-state index contributed by atoms with van der Waals surface area (Å²) < 4.78 is 0. The summed E-state index contributed by atoms with van der Waals surface area (Å²) in [5.41, 5.74) is 0.268. The van der Waals surface area contributed by atoms with Crippen LogP contribution in [0, 0.1) is 16.7 Å². The van der Waals surface area contributed by atoms with E-state index in [0.717, 1.165) is 13.0 Å². The first kappa shape index (κ1) is 10.4. The maximum absolute atomic E-state index is 8.61. The van der Waals surface area contributed by atoms with E-state index in [4.69, 9.17) is 5.26 Å². The lowest BCUT2D eigenvalue weighted by Gasteiger charge is -2.20. The Labute approximate surface area is 69.6 Å². The first-order chi connectivity index (χ1) is 4.99. The quantitative estimate of drug-likeness (QED) is 0.674. The van der Waals surface area contributed by atoms with Gasteiger partial charge in [-0.05, 0) is 11.8 Å². The van der Waals surface area contributed by atoms with E-state index in [0.29, 0.717) is 0 Å². The number of rotatable bonds is 3. The van der Waals surface area contributed by atoms with Crippen molar-refractivity contribution < 1.29 is 0 Å². The van der Waals surface area contributed by atoms with Gasteiger partial charge < -0.3 is 5.32 Å². The second-order valence-electron chi connectivity index (χ2n) is 4.03. The molecule has 0 bridgehead atoms. The van der Waals surface area contributed by atoms with E-state index in [2.05, 4.69) is 32.2 Å². The Bertz CT molecular complexity index is 139. The maximum Gasteiger partial charge on any atom is 0.0950 e. The van der Waals surface area contributed by atoms with Crippen molar-refractivity contribution in [3.63, 3.8) is 0 Å². The minimum atomic E-state index is 0.0224. The lowest BCUT2D eigenvalue weighted by Crippen LogP contribution is -2.34. The Hall–Kier alpha value is -0.550. The van der Waals surface area contributed by atoms with E-state index in [9.17, 15) is 0 Å². The molecule has 0 aromatic rings. The van der Waals surface area contributed by atoms with Gasteiger partial charge in [-0.2, -0.15) is 5.26 Å². The van der Waals surface area contributed by atoms with E-state index in [1.807, 2.05) is 6.92 Å². The van der Waals surface area contributed by atoms with Gasteiger partial charge in [0.15, 0.2) is 0 Å². The summed E-state index contributed by atoms with van der Waals surface area (Å²) in [6, 6.07) is 2.24. The molecule has 1 N–H and O–H groups in total. The van der Waals surface area contributed by atoms with Crippen molar-refractivity contribution in [2.75, 3.05) is 6.54 Å². The SMILES string of the molecule is CCC(C#N)NCC(C)(C)C. The van der Waals surface area contributed by atoms with Crippen LogP contribution in [0.25, 0.3) is 0 Å². The zero-order valence-electron chi connectivity index (χ0n) is 7.94. The highest BCUT2D eigenvalue weighted by Crippen LogP contribution is 2.10. The molecule has 0 aromatic heterocycles. The predicted molar refractivity (Wildman–Crippen MR) is 47.1 cm³/mol. The van der Waals surface area contributed by atoms with Crippen LogP contribution in [-0.4, -0.2) is 12.6 Å². The average molecular weight is 154 g/mol. The number of hydrogen-bond acceptors (Lipinski definition) is 2. The van der Waals surface area contributed by atoms with E-state index in [1.165, 1.54) is 0 Å². The number of nitrogens with one attached hydrogen (secondary N) is 1. The van der Waals surface area contributed by atoms with Crippen LogP contribution in [0.15, 0.2) is 0 Å². The second-order valence-corrected chi connectivity index (χ2v) is 4.03. The van der Waals surface area contributed by atoms with Gasteiger partial charge in [0.25, 0.3) is 0 Å². The van der Waals surface area contributed by atoms with Crippen LogP contribution in [0.5, 0.6) is 0 Å². The van der Waals surface area contributed by atoms with Crippen LogP contribution in [0.2, 0.25) is 0 Å². The zero-order valence-corrected chi connectivity index (χ0v) is 7.94. The third-order valence-corrected chi connectivity index (χ3v) is 1.44. The summed E-state index contributed by atoms with van der Waals surface area (Å²) in [7, 11) is 0. The van der Waals surface area contributed by atoms with Gasteiger partial charge >= 0.3 is 0 Å². The third kappa shape index (κ3) is 5.87. The fraction of sp³-hybridized carbons (Fsp3) is 0.889. The van der Waals surface area contributed by atoms with Crippen molar-refractivity contribution >= 4 is 0 Å². The molecule has 1 atom stereocenters. The molecule has 0 spiro atoms. The van der Waals surface area contributed by atoms with Crippen LogP contribution in [-0.2, 0) is 0 Å². The van der Waals surface area contributed by atoms with Crippen LogP contribution in [0.3, 0.4) is 0 Å². The topological polar surface area (TPSA) is 35.8 Å². The molecule has 64 valence electrons. The smallest absolute Gasteiger partial charge is 0.0950 e. The fourth-order valence-electron chi connectivity index (χ4n) is 0.711. The molecule has 1 unspecified atom stereocenters. The lowest BCUT2D eigenvalue weighted by molar-refractivity contribution is 0.365. The molecule has 0 heterocycles. The highest BCUT2D eigenvalue weighted by molar-refractivity contribution is 4.89. The molecule has 11 heavy (non-hydrogen) atoms. The molecule has 0 aliphatic heterocycles. The Kier molecular flexibility index (Phi) is 4.14. The van der Waals surface area contributed by atoms with Gasteiger partial charge in [-0.25, -0.2) is 0 Å². The monoisotopic (exact) mass is 154 g/mol. The van der Waals surface area contributed by atoms with Crippen molar-refractivity contribution in [1.82, 2.24) is 5.32 Å². The molecule has 0 aliphatic rings. The Balaban J connectivity index is 3.62. The Morgan fingerprint density at radius 2 is 2.00 bits per heavy atom. The molecule has 0 amide bonds. The second kappa shape index (κ2) is 4.35. The number of nitrogens with zero attached hydrogens (tertiary/aromatic N) is 1. The number of hydrogen-bond donors (Lipinski definition) is 1. The normalized spacial score (nSPS) is 14.1. The molecule has 0 rings (SSSR count).